The topological polar surface area (TPSA) is 25.8 Å². The molecule has 0 saturated heterocycles. The van der Waals surface area contributed by atoms with Crippen LogP contribution < -0.4 is 5.72 Å². The van der Waals surface area contributed by atoms with Gasteiger partial charge in [0.15, 0.2) is 7.85 Å². The van der Waals surface area contributed by atoms with Crippen LogP contribution in [0.5, 0.6) is 0 Å². The second kappa shape index (κ2) is 5.37. The van der Waals surface area contributed by atoms with E-state index in [1.807, 2.05) is 18.2 Å². The van der Waals surface area contributed by atoms with Crippen LogP contribution in [-0.2, 0) is 0 Å². The van der Waals surface area contributed by atoms with Crippen LogP contribution in [0.15, 0.2) is 55.6 Å². The zero-order chi connectivity index (χ0) is 14.8. The summed E-state index contributed by atoms with van der Waals surface area (Å²) >= 11 is 0. The predicted octanol–water partition coefficient (Wildman–Crippen LogP) is 3.38. The van der Waals surface area contributed by atoms with E-state index in [0.717, 1.165) is 22.2 Å². The van der Waals surface area contributed by atoms with Crippen LogP contribution in [0.2, 0.25) is 0 Å². The molecule has 3 aromatic rings. The number of hydrogen-bond acceptors (Lipinski definition) is 2. The molecule has 98 valence electrons. The molecular weight excluding hydrogens is 255 g/mol. The van der Waals surface area contributed by atoms with Crippen molar-refractivity contribution in [3.63, 3.8) is 0 Å². The van der Waals surface area contributed by atoms with Crippen molar-refractivity contribution in [1.29, 1.82) is 0 Å². The molecule has 0 unspecified atom stereocenters. The maximum Gasteiger partial charge on any atom is 0.170 e. The van der Waals surface area contributed by atoms with E-state index >= 15 is 0 Å². The maximum absolute atomic E-state index is 5.80. The molecule has 0 fully saturated rings. The van der Waals surface area contributed by atoms with Gasteiger partial charge in [0.2, 0.25) is 0 Å². The number of rotatable bonds is 3. The van der Waals surface area contributed by atoms with Crippen molar-refractivity contribution in [3.8, 4) is 11.3 Å². The Morgan fingerprint density at radius 2 is 1.67 bits per heavy atom. The lowest BCUT2D eigenvalue weighted by Crippen LogP contribution is -2.17. The normalized spacial score (nSPS) is 10.5. The molecular formula is C18H13BN2. The number of aromatic nitrogens is 2. The van der Waals surface area contributed by atoms with E-state index in [-0.39, 0.29) is 5.72 Å². The molecule has 21 heavy (non-hydrogen) atoms. The Bertz CT molecular complexity index is 853. The molecule has 0 aliphatic heterocycles. The van der Waals surface area contributed by atoms with Crippen LogP contribution in [0.1, 0.15) is 11.3 Å². The molecule has 0 saturated carbocycles. The van der Waals surface area contributed by atoms with E-state index in [1.165, 1.54) is 5.39 Å². The molecule has 0 bridgehead atoms. The average Bonchev–Trinajstić information content (AvgIpc) is 2.53. The first kappa shape index (κ1) is 13.3. The van der Waals surface area contributed by atoms with E-state index in [9.17, 15) is 0 Å². The third kappa shape index (κ3) is 2.38. The van der Waals surface area contributed by atoms with Gasteiger partial charge in [-0.3, -0.25) is 0 Å². The fraction of sp³-hybridized carbons (Fsp3) is 0. The zero-order valence-electron chi connectivity index (χ0n) is 11.6. The fourth-order valence-electron chi connectivity index (χ4n) is 2.42. The molecule has 3 heteroatoms. The summed E-state index contributed by atoms with van der Waals surface area (Å²) < 4.78 is 0. The Kier molecular flexibility index (Phi) is 3.40. The Morgan fingerprint density at radius 1 is 0.905 bits per heavy atom. The minimum atomic E-state index is 0.235. The first-order valence-electron chi connectivity index (χ1n) is 6.64. The summed E-state index contributed by atoms with van der Waals surface area (Å²) in [7, 11) is 5.80. The van der Waals surface area contributed by atoms with Crippen LogP contribution in [0.3, 0.4) is 0 Å². The second-order valence-corrected chi connectivity index (χ2v) is 4.70. The third-order valence-corrected chi connectivity index (χ3v) is 3.41. The summed E-state index contributed by atoms with van der Waals surface area (Å²) in [4.78, 5) is 8.57. The summed E-state index contributed by atoms with van der Waals surface area (Å²) in [5.74, 6) is 0. The number of hydrogen-bond donors (Lipinski definition) is 0. The highest BCUT2D eigenvalue weighted by molar-refractivity contribution is 6.29. The highest BCUT2D eigenvalue weighted by Gasteiger charge is 2.10. The lowest BCUT2D eigenvalue weighted by atomic mass is 9.99. The molecule has 0 aliphatic carbocycles. The monoisotopic (exact) mass is 268 g/mol. The van der Waals surface area contributed by atoms with E-state index in [1.54, 1.807) is 12.2 Å². The fourth-order valence-corrected chi connectivity index (χ4v) is 2.42. The molecule has 3 rings (SSSR count). The lowest BCUT2D eigenvalue weighted by Gasteiger charge is -2.11. The predicted molar refractivity (Wildman–Crippen MR) is 90.5 cm³/mol. The van der Waals surface area contributed by atoms with Crippen molar-refractivity contribution in [2.45, 2.75) is 0 Å². The van der Waals surface area contributed by atoms with Crippen molar-refractivity contribution in [1.82, 2.24) is 9.97 Å². The molecule has 0 aliphatic rings. The Morgan fingerprint density at radius 3 is 2.38 bits per heavy atom. The summed E-state index contributed by atoms with van der Waals surface area (Å²) in [6.45, 7) is 7.62. The van der Waals surface area contributed by atoms with Gasteiger partial charge in [0.25, 0.3) is 0 Å². The molecule has 0 N–H and O–H groups in total. The molecule has 0 spiro atoms. The number of fused-ring (bicyclic) bond motifs is 1. The van der Waals surface area contributed by atoms with Crippen molar-refractivity contribution >= 4 is 36.5 Å². The standard InChI is InChI=1S/C18H13BN2/c1-3-15-16(4-2)20-18(19)21-17(15)14-10-9-12-7-5-6-8-13(12)11-14/h3-11H,1-2H2. The highest BCUT2D eigenvalue weighted by Crippen LogP contribution is 2.27. The van der Waals surface area contributed by atoms with Gasteiger partial charge in [0.1, 0.15) is 0 Å². The van der Waals surface area contributed by atoms with Gasteiger partial charge in [-0.25, -0.2) is 9.97 Å². The zero-order valence-corrected chi connectivity index (χ0v) is 11.6. The quantitative estimate of drug-likeness (QED) is 0.680. The van der Waals surface area contributed by atoms with Gasteiger partial charge in [0, 0.05) is 11.1 Å². The van der Waals surface area contributed by atoms with Gasteiger partial charge < -0.3 is 0 Å². The molecule has 2 nitrogen and oxygen atoms in total. The number of benzene rings is 2. The van der Waals surface area contributed by atoms with Gasteiger partial charge in [-0.15, -0.1) is 0 Å². The highest BCUT2D eigenvalue weighted by atomic mass is 14.9. The van der Waals surface area contributed by atoms with Crippen molar-refractivity contribution in [2.24, 2.45) is 0 Å². The molecule has 0 amide bonds. The SMILES string of the molecule is [B]c1nc(C=C)c(C=C)c(-c2ccc3ccccc3c2)n1. The molecule has 0 atom stereocenters. The van der Waals surface area contributed by atoms with Crippen LogP contribution in [0.25, 0.3) is 34.2 Å². The summed E-state index contributed by atoms with van der Waals surface area (Å²) in [5.41, 5.74) is 3.53. The third-order valence-electron chi connectivity index (χ3n) is 3.41. The Hall–Kier alpha value is -2.68. The first-order valence-corrected chi connectivity index (χ1v) is 6.64. The summed E-state index contributed by atoms with van der Waals surface area (Å²) in [6.07, 6.45) is 3.40. The molecule has 1 heterocycles. The van der Waals surface area contributed by atoms with E-state index in [4.69, 9.17) is 7.85 Å². The second-order valence-electron chi connectivity index (χ2n) is 4.70. The van der Waals surface area contributed by atoms with Crippen LogP contribution in [0.4, 0.5) is 0 Å². The summed E-state index contributed by atoms with van der Waals surface area (Å²) in [5, 5.41) is 2.34. The van der Waals surface area contributed by atoms with Crippen molar-refractivity contribution in [3.05, 3.63) is 66.9 Å². The largest absolute Gasteiger partial charge is 0.245 e. The Balaban J connectivity index is 2.28. The van der Waals surface area contributed by atoms with E-state index in [0.29, 0.717) is 5.69 Å². The smallest absolute Gasteiger partial charge is 0.170 e. The van der Waals surface area contributed by atoms with Gasteiger partial charge in [-0.05, 0) is 22.9 Å². The van der Waals surface area contributed by atoms with Gasteiger partial charge in [0.05, 0.1) is 17.1 Å². The minimum Gasteiger partial charge on any atom is -0.245 e. The average molecular weight is 268 g/mol. The molecule has 2 radical (unpaired) electrons. The Labute approximate surface area is 125 Å². The summed E-state index contributed by atoms with van der Waals surface area (Å²) in [6, 6.07) is 14.4. The van der Waals surface area contributed by atoms with Crippen molar-refractivity contribution < 1.29 is 0 Å². The maximum atomic E-state index is 5.80. The van der Waals surface area contributed by atoms with Crippen LogP contribution >= 0.6 is 0 Å². The van der Waals surface area contributed by atoms with Gasteiger partial charge in [-0.1, -0.05) is 55.6 Å². The van der Waals surface area contributed by atoms with Gasteiger partial charge in [-0.2, -0.15) is 0 Å². The van der Waals surface area contributed by atoms with E-state index < -0.39 is 0 Å². The van der Waals surface area contributed by atoms with Gasteiger partial charge >= 0.3 is 0 Å². The lowest BCUT2D eigenvalue weighted by molar-refractivity contribution is 1.21. The minimum absolute atomic E-state index is 0.235. The van der Waals surface area contributed by atoms with E-state index in [2.05, 4.69) is 47.4 Å². The van der Waals surface area contributed by atoms with Crippen LogP contribution in [0, 0.1) is 0 Å². The molecule has 2 aromatic carbocycles. The van der Waals surface area contributed by atoms with Crippen LogP contribution in [-0.4, -0.2) is 17.8 Å². The van der Waals surface area contributed by atoms with Crippen molar-refractivity contribution in [2.75, 3.05) is 0 Å². The first-order chi connectivity index (χ1) is 10.2. The number of nitrogens with zero attached hydrogens (tertiary/aromatic N) is 2. The molecule has 1 aromatic heterocycles.